The summed E-state index contributed by atoms with van der Waals surface area (Å²) in [6, 6.07) is 7.15. The number of carbonyl (C=O) groups excluding carboxylic acids is 1. The van der Waals surface area contributed by atoms with Crippen LogP contribution in [0.2, 0.25) is 0 Å². The van der Waals surface area contributed by atoms with Gasteiger partial charge >= 0.3 is 0 Å². The van der Waals surface area contributed by atoms with Gasteiger partial charge in [0.25, 0.3) is 0 Å². The summed E-state index contributed by atoms with van der Waals surface area (Å²) in [6.45, 7) is 1.18. The predicted octanol–water partition coefficient (Wildman–Crippen LogP) is 1.75. The van der Waals surface area contributed by atoms with E-state index < -0.39 is 5.91 Å². The highest BCUT2D eigenvalue weighted by Gasteiger charge is 1.98. The average molecular weight is 236 g/mol. The number of aliphatic hydroxyl groups excluding tert-OH is 1. The number of primary amides is 1. The molecule has 0 spiro atoms. The Kier molecular flexibility index (Phi) is 6.10. The van der Waals surface area contributed by atoms with Crippen LogP contribution in [0.5, 0.6) is 0 Å². The van der Waals surface area contributed by atoms with Crippen LogP contribution in [0.25, 0.3) is 0 Å². The zero-order chi connectivity index (χ0) is 12.5. The number of aliphatic hydroxyl groups is 1. The Morgan fingerprint density at radius 1 is 1.12 bits per heavy atom. The largest absolute Gasteiger partial charge is 0.396 e. The standard InChI is InChI=1S/C13H20N2O2/c14-13(17)11-5-7-12(8-6-11)15-9-3-1-2-4-10-16/h5-8,15-16H,1-4,9-10H2,(H2,14,17). The highest BCUT2D eigenvalue weighted by Crippen LogP contribution is 2.09. The highest BCUT2D eigenvalue weighted by molar-refractivity contribution is 5.93. The van der Waals surface area contributed by atoms with Crippen LogP contribution in [0.1, 0.15) is 36.0 Å². The monoisotopic (exact) mass is 236 g/mol. The number of unbranched alkanes of at least 4 members (excludes halogenated alkanes) is 3. The molecule has 4 nitrogen and oxygen atoms in total. The van der Waals surface area contributed by atoms with Gasteiger partial charge in [0, 0.05) is 24.4 Å². The van der Waals surface area contributed by atoms with Crippen LogP contribution >= 0.6 is 0 Å². The van der Waals surface area contributed by atoms with Gasteiger partial charge in [0.15, 0.2) is 0 Å². The summed E-state index contributed by atoms with van der Waals surface area (Å²) in [6.07, 6.45) is 4.15. The zero-order valence-electron chi connectivity index (χ0n) is 9.98. The molecule has 0 saturated heterocycles. The van der Waals surface area contributed by atoms with Crippen molar-refractivity contribution in [2.24, 2.45) is 5.73 Å². The summed E-state index contributed by atoms with van der Waals surface area (Å²) < 4.78 is 0. The molecule has 17 heavy (non-hydrogen) atoms. The molecule has 0 aliphatic rings. The molecule has 0 unspecified atom stereocenters. The second-order valence-corrected chi connectivity index (χ2v) is 4.01. The van der Waals surface area contributed by atoms with Gasteiger partial charge in [-0.05, 0) is 37.1 Å². The van der Waals surface area contributed by atoms with Crippen LogP contribution in [0.15, 0.2) is 24.3 Å². The average Bonchev–Trinajstić information content (AvgIpc) is 2.34. The summed E-state index contributed by atoms with van der Waals surface area (Å²) in [4.78, 5) is 10.9. The number of nitrogens with one attached hydrogen (secondary N) is 1. The first-order valence-electron chi connectivity index (χ1n) is 5.98. The van der Waals surface area contributed by atoms with E-state index in [2.05, 4.69) is 5.32 Å². The lowest BCUT2D eigenvalue weighted by Crippen LogP contribution is -2.10. The van der Waals surface area contributed by atoms with Gasteiger partial charge in [-0.25, -0.2) is 0 Å². The minimum absolute atomic E-state index is 0.280. The van der Waals surface area contributed by atoms with Crippen molar-refractivity contribution in [3.05, 3.63) is 29.8 Å². The lowest BCUT2D eigenvalue weighted by atomic mass is 10.2. The van der Waals surface area contributed by atoms with E-state index in [1.54, 1.807) is 12.1 Å². The maximum Gasteiger partial charge on any atom is 0.248 e. The van der Waals surface area contributed by atoms with Crippen molar-refractivity contribution in [1.29, 1.82) is 0 Å². The molecule has 1 amide bonds. The molecule has 0 aliphatic heterocycles. The SMILES string of the molecule is NC(=O)c1ccc(NCCCCCCO)cc1. The fraction of sp³-hybridized carbons (Fsp3) is 0.462. The van der Waals surface area contributed by atoms with Crippen LogP contribution in [0, 0.1) is 0 Å². The van der Waals surface area contributed by atoms with E-state index in [1.165, 1.54) is 0 Å². The summed E-state index contributed by atoms with van der Waals surface area (Å²) in [5.74, 6) is -0.402. The van der Waals surface area contributed by atoms with Crippen molar-refractivity contribution >= 4 is 11.6 Å². The van der Waals surface area contributed by atoms with Crippen LogP contribution in [0.3, 0.4) is 0 Å². The minimum Gasteiger partial charge on any atom is -0.396 e. The number of rotatable bonds is 8. The third-order valence-electron chi connectivity index (χ3n) is 2.58. The van der Waals surface area contributed by atoms with Crippen molar-refractivity contribution in [1.82, 2.24) is 0 Å². The predicted molar refractivity (Wildman–Crippen MR) is 69.0 cm³/mol. The van der Waals surface area contributed by atoms with E-state index in [9.17, 15) is 4.79 Å². The van der Waals surface area contributed by atoms with Gasteiger partial charge in [-0.1, -0.05) is 12.8 Å². The maximum absolute atomic E-state index is 10.9. The van der Waals surface area contributed by atoms with Gasteiger partial charge in [-0.3, -0.25) is 4.79 Å². The topological polar surface area (TPSA) is 75.4 Å². The van der Waals surface area contributed by atoms with E-state index >= 15 is 0 Å². The first-order chi connectivity index (χ1) is 8.24. The number of nitrogens with two attached hydrogens (primary N) is 1. The number of carbonyl (C=O) groups is 1. The lowest BCUT2D eigenvalue weighted by molar-refractivity contribution is 0.100. The van der Waals surface area contributed by atoms with Gasteiger partial charge in [0.2, 0.25) is 5.91 Å². The van der Waals surface area contributed by atoms with Crippen LogP contribution < -0.4 is 11.1 Å². The fourth-order valence-corrected chi connectivity index (χ4v) is 1.58. The molecule has 0 aromatic heterocycles. The molecule has 1 aromatic carbocycles. The smallest absolute Gasteiger partial charge is 0.248 e. The first-order valence-corrected chi connectivity index (χ1v) is 5.98. The van der Waals surface area contributed by atoms with Crippen molar-refractivity contribution in [2.45, 2.75) is 25.7 Å². The molecule has 1 aromatic rings. The molecule has 4 N–H and O–H groups in total. The second-order valence-electron chi connectivity index (χ2n) is 4.01. The van der Waals surface area contributed by atoms with Gasteiger partial charge in [-0.2, -0.15) is 0 Å². The van der Waals surface area contributed by atoms with Crippen molar-refractivity contribution < 1.29 is 9.90 Å². The molecule has 0 bridgehead atoms. The molecule has 0 aliphatic carbocycles. The van der Waals surface area contributed by atoms with Crippen molar-refractivity contribution in [2.75, 3.05) is 18.5 Å². The molecule has 0 saturated carbocycles. The number of hydrogen-bond acceptors (Lipinski definition) is 3. The van der Waals surface area contributed by atoms with E-state index in [4.69, 9.17) is 10.8 Å². The van der Waals surface area contributed by atoms with E-state index in [-0.39, 0.29) is 6.61 Å². The Balaban J connectivity index is 2.21. The van der Waals surface area contributed by atoms with Crippen LogP contribution in [-0.4, -0.2) is 24.2 Å². The Morgan fingerprint density at radius 3 is 2.35 bits per heavy atom. The molecular formula is C13H20N2O2. The van der Waals surface area contributed by atoms with E-state index in [0.717, 1.165) is 37.9 Å². The summed E-state index contributed by atoms with van der Waals surface area (Å²) >= 11 is 0. The molecule has 0 heterocycles. The quantitative estimate of drug-likeness (QED) is 0.602. The fourth-order valence-electron chi connectivity index (χ4n) is 1.58. The van der Waals surface area contributed by atoms with E-state index in [1.807, 2.05) is 12.1 Å². The molecule has 0 radical (unpaired) electrons. The third-order valence-corrected chi connectivity index (χ3v) is 2.58. The number of hydrogen-bond donors (Lipinski definition) is 3. The minimum atomic E-state index is -0.402. The lowest BCUT2D eigenvalue weighted by Gasteiger charge is -2.06. The van der Waals surface area contributed by atoms with Gasteiger partial charge < -0.3 is 16.2 Å². The Bertz CT molecular complexity index is 336. The van der Waals surface area contributed by atoms with Crippen molar-refractivity contribution in [3.63, 3.8) is 0 Å². The third kappa shape index (κ3) is 5.36. The molecular weight excluding hydrogens is 216 g/mol. The molecule has 0 atom stereocenters. The Morgan fingerprint density at radius 2 is 1.76 bits per heavy atom. The van der Waals surface area contributed by atoms with Gasteiger partial charge in [-0.15, -0.1) is 0 Å². The molecule has 4 heteroatoms. The summed E-state index contributed by atoms with van der Waals surface area (Å²) in [5.41, 5.74) is 6.68. The molecule has 0 fully saturated rings. The van der Waals surface area contributed by atoms with Crippen LogP contribution in [-0.2, 0) is 0 Å². The Hall–Kier alpha value is -1.55. The van der Waals surface area contributed by atoms with E-state index in [0.29, 0.717) is 5.56 Å². The second kappa shape index (κ2) is 7.68. The highest BCUT2D eigenvalue weighted by atomic mass is 16.2. The molecule has 1 rings (SSSR count). The summed E-state index contributed by atoms with van der Waals surface area (Å²) in [5, 5.41) is 11.9. The van der Waals surface area contributed by atoms with Gasteiger partial charge in [0.05, 0.1) is 0 Å². The normalized spacial score (nSPS) is 10.2. The zero-order valence-corrected chi connectivity index (χ0v) is 9.98. The van der Waals surface area contributed by atoms with Crippen molar-refractivity contribution in [3.8, 4) is 0 Å². The first kappa shape index (κ1) is 13.5. The Labute approximate surface area is 102 Å². The van der Waals surface area contributed by atoms with Gasteiger partial charge in [0.1, 0.15) is 0 Å². The summed E-state index contributed by atoms with van der Waals surface area (Å²) in [7, 11) is 0. The number of anilines is 1. The maximum atomic E-state index is 10.9. The number of benzene rings is 1. The van der Waals surface area contributed by atoms with Crippen LogP contribution in [0.4, 0.5) is 5.69 Å². The number of amides is 1. The molecule has 94 valence electrons.